The number of aliphatic hydroxyl groups excluding tert-OH is 1. The number of hydrogen-bond acceptors (Lipinski definition) is 4. The summed E-state index contributed by atoms with van der Waals surface area (Å²) in [6.45, 7) is 6.44. The molecule has 0 aromatic carbocycles. The van der Waals surface area contributed by atoms with Gasteiger partial charge in [0.25, 0.3) is 0 Å². The zero-order valence-electron chi connectivity index (χ0n) is 15.3. The highest BCUT2D eigenvalue weighted by Crippen LogP contribution is 2.71. The van der Waals surface area contributed by atoms with Crippen molar-refractivity contribution < 1.29 is 19.7 Å². The standard InChI is InChI=1S/C20H32O4/c1-17(2)14-6-9-19-10-13(20(23,11-19)12-21)4-5-15(19)18(14,3)8-7-16(22)24-17/h13-15,21,23H,4-12H2,1-3H3/t13-,14+,15-,18+,19-,20+/m0/s1. The molecule has 1 aliphatic heterocycles. The average Bonchev–Trinajstić information content (AvgIpc) is 2.65. The van der Waals surface area contributed by atoms with Gasteiger partial charge >= 0.3 is 5.97 Å². The summed E-state index contributed by atoms with van der Waals surface area (Å²) in [5, 5.41) is 20.8. The Labute approximate surface area is 145 Å². The van der Waals surface area contributed by atoms with Gasteiger partial charge in [0.1, 0.15) is 5.60 Å². The maximum absolute atomic E-state index is 12.2. The molecule has 4 fully saturated rings. The summed E-state index contributed by atoms with van der Waals surface area (Å²) in [7, 11) is 0. The van der Waals surface area contributed by atoms with Crippen LogP contribution >= 0.6 is 0 Å². The fraction of sp³-hybridized carbons (Fsp3) is 0.950. The van der Waals surface area contributed by atoms with Crippen LogP contribution in [0.2, 0.25) is 0 Å². The molecule has 4 rings (SSSR count). The summed E-state index contributed by atoms with van der Waals surface area (Å²) in [5.74, 6) is 1.09. The van der Waals surface area contributed by atoms with Gasteiger partial charge in [0.2, 0.25) is 0 Å². The molecule has 3 saturated carbocycles. The number of rotatable bonds is 1. The molecule has 4 nitrogen and oxygen atoms in total. The van der Waals surface area contributed by atoms with Crippen molar-refractivity contribution in [1.82, 2.24) is 0 Å². The summed E-state index contributed by atoms with van der Waals surface area (Å²) < 4.78 is 5.82. The first-order valence-electron chi connectivity index (χ1n) is 9.70. The largest absolute Gasteiger partial charge is 0.459 e. The predicted octanol–water partition coefficient (Wildman–Crippen LogP) is 3.05. The van der Waals surface area contributed by atoms with Crippen LogP contribution in [0.5, 0.6) is 0 Å². The van der Waals surface area contributed by atoms with Gasteiger partial charge in [0, 0.05) is 12.3 Å². The molecular formula is C20H32O4. The van der Waals surface area contributed by atoms with Gasteiger partial charge in [-0.2, -0.15) is 0 Å². The van der Waals surface area contributed by atoms with Crippen molar-refractivity contribution >= 4 is 5.97 Å². The minimum Gasteiger partial charge on any atom is -0.459 e. The third-order valence-electron chi connectivity index (χ3n) is 8.49. The molecule has 6 atom stereocenters. The molecule has 1 heterocycles. The molecule has 1 saturated heterocycles. The molecule has 4 heteroatoms. The van der Waals surface area contributed by atoms with E-state index in [0.29, 0.717) is 18.3 Å². The fourth-order valence-corrected chi connectivity index (χ4v) is 7.68. The van der Waals surface area contributed by atoms with E-state index in [2.05, 4.69) is 20.8 Å². The Morgan fingerprint density at radius 1 is 1.12 bits per heavy atom. The molecule has 2 bridgehead atoms. The van der Waals surface area contributed by atoms with E-state index in [1.165, 1.54) is 0 Å². The lowest BCUT2D eigenvalue weighted by Gasteiger charge is -2.60. The molecule has 0 aromatic heterocycles. The van der Waals surface area contributed by atoms with Crippen LogP contribution in [-0.2, 0) is 9.53 Å². The molecule has 3 aliphatic carbocycles. The number of aliphatic hydroxyl groups is 2. The normalized spacial score (nSPS) is 52.9. The minimum atomic E-state index is -0.884. The van der Waals surface area contributed by atoms with Gasteiger partial charge in [-0.25, -0.2) is 0 Å². The average molecular weight is 336 g/mol. The number of cyclic esters (lactones) is 1. The van der Waals surface area contributed by atoms with Crippen LogP contribution in [0.15, 0.2) is 0 Å². The van der Waals surface area contributed by atoms with Crippen LogP contribution in [-0.4, -0.2) is 34.0 Å². The molecule has 2 N–H and O–H groups in total. The molecule has 1 spiro atoms. The second-order valence-corrected chi connectivity index (χ2v) is 10.0. The molecule has 4 aliphatic rings. The lowest BCUT2D eigenvalue weighted by Crippen LogP contribution is -2.55. The Morgan fingerprint density at radius 3 is 2.58 bits per heavy atom. The predicted molar refractivity (Wildman–Crippen MR) is 90.2 cm³/mol. The van der Waals surface area contributed by atoms with Crippen LogP contribution < -0.4 is 0 Å². The number of fused-ring (bicyclic) bond motifs is 3. The van der Waals surface area contributed by atoms with Crippen molar-refractivity contribution in [2.24, 2.45) is 28.6 Å². The molecule has 0 unspecified atom stereocenters. The Bertz CT molecular complexity index is 558. The van der Waals surface area contributed by atoms with E-state index in [1.807, 2.05) is 0 Å². The number of ether oxygens (including phenoxy) is 1. The number of carbonyl (C=O) groups excluding carboxylic acids is 1. The topological polar surface area (TPSA) is 66.8 Å². The van der Waals surface area contributed by atoms with Crippen molar-refractivity contribution in [2.75, 3.05) is 6.61 Å². The van der Waals surface area contributed by atoms with E-state index in [1.54, 1.807) is 0 Å². The van der Waals surface area contributed by atoms with E-state index in [-0.39, 0.29) is 29.3 Å². The highest BCUT2D eigenvalue weighted by atomic mass is 16.6. The smallest absolute Gasteiger partial charge is 0.306 e. The zero-order valence-corrected chi connectivity index (χ0v) is 15.3. The Balaban J connectivity index is 1.74. The van der Waals surface area contributed by atoms with Crippen LogP contribution in [0.25, 0.3) is 0 Å². The number of hydrogen-bond donors (Lipinski definition) is 2. The summed E-state index contributed by atoms with van der Waals surface area (Å²) in [6, 6.07) is 0. The Kier molecular flexibility index (Phi) is 3.49. The van der Waals surface area contributed by atoms with Crippen molar-refractivity contribution in [3.63, 3.8) is 0 Å². The van der Waals surface area contributed by atoms with E-state index in [0.717, 1.165) is 44.9 Å². The van der Waals surface area contributed by atoms with Gasteiger partial charge in [0.05, 0.1) is 12.2 Å². The molecule has 0 amide bonds. The van der Waals surface area contributed by atoms with E-state index < -0.39 is 11.2 Å². The van der Waals surface area contributed by atoms with Crippen LogP contribution in [0, 0.1) is 28.6 Å². The number of esters is 1. The third kappa shape index (κ3) is 2.08. The lowest BCUT2D eigenvalue weighted by atomic mass is 9.45. The monoisotopic (exact) mass is 336 g/mol. The maximum Gasteiger partial charge on any atom is 0.306 e. The maximum atomic E-state index is 12.2. The van der Waals surface area contributed by atoms with Gasteiger partial charge < -0.3 is 14.9 Å². The van der Waals surface area contributed by atoms with Gasteiger partial charge in [-0.1, -0.05) is 6.92 Å². The summed E-state index contributed by atoms with van der Waals surface area (Å²) >= 11 is 0. The number of carbonyl (C=O) groups is 1. The van der Waals surface area contributed by atoms with Gasteiger partial charge in [-0.05, 0) is 81.5 Å². The van der Waals surface area contributed by atoms with Gasteiger partial charge in [-0.15, -0.1) is 0 Å². The van der Waals surface area contributed by atoms with E-state index in [9.17, 15) is 15.0 Å². The van der Waals surface area contributed by atoms with E-state index >= 15 is 0 Å². The van der Waals surface area contributed by atoms with Crippen molar-refractivity contribution in [2.45, 2.75) is 83.3 Å². The van der Waals surface area contributed by atoms with Crippen molar-refractivity contribution in [3.8, 4) is 0 Å². The first-order valence-corrected chi connectivity index (χ1v) is 9.70. The summed E-state index contributed by atoms with van der Waals surface area (Å²) in [4.78, 5) is 12.2. The molecule has 0 aromatic rings. The minimum absolute atomic E-state index is 0.0587. The van der Waals surface area contributed by atoms with Crippen molar-refractivity contribution in [1.29, 1.82) is 0 Å². The van der Waals surface area contributed by atoms with Crippen molar-refractivity contribution in [3.05, 3.63) is 0 Å². The highest BCUT2D eigenvalue weighted by molar-refractivity contribution is 5.70. The molecular weight excluding hydrogens is 304 g/mol. The fourth-order valence-electron chi connectivity index (χ4n) is 7.68. The third-order valence-corrected chi connectivity index (χ3v) is 8.49. The van der Waals surface area contributed by atoms with Gasteiger partial charge in [-0.3, -0.25) is 4.79 Å². The first kappa shape index (κ1) is 16.8. The Hall–Kier alpha value is -0.610. The van der Waals surface area contributed by atoms with E-state index in [4.69, 9.17) is 4.74 Å². The van der Waals surface area contributed by atoms with Crippen LogP contribution in [0.3, 0.4) is 0 Å². The van der Waals surface area contributed by atoms with Crippen LogP contribution in [0.1, 0.15) is 72.1 Å². The first-order chi connectivity index (χ1) is 11.2. The highest BCUT2D eigenvalue weighted by Gasteiger charge is 2.67. The summed E-state index contributed by atoms with van der Waals surface area (Å²) in [5.41, 5.74) is -1.06. The summed E-state index contributed by atoms with van der Waals surface area (Å²) in [6.07, 6.45) is 7.46. The van der Waals surface area contributed by atoms with Gasteiger partial charge in [0.15, 0.2) is 0 Å². The molecule has 24 heavy (non-hydrogen) atoms. The SMILES string of the molecule is CC1(C)OC(=O)CC[C@]2(C)[C@@H]1CC[C@@]13C[C@H](CC[C@H]12)[C@](O)(CO)C3. The van der Waals surface area contributed by atoms with Crippen LogP contribution in [0.4, 0.5) is 0 Å². The second kappa shape index (κ2) is 4.97. The molecule has 0 radical (unpaired) electrons. The quantitative estimate of drug-likeness (QED) is 0.722. The second-order valence-electron chi connectivity index (χ2n) is 10.0. The Morgan fingerprint density at radius 2 is 1.88 bits per heavy atom. The molecule has 136 valence electrons. The lowest BCUT2D eigenvalue weighted by molar-refractivity contribution is -0.173. The zero-order chi connectivity index (χ0) is 17.4.